The van der Waals surface area contributed by atoms with Crippen LogP contribution in [0.15, 0.2) is 71.5 Å². The molecular weight excluding hydrogens is 354 g/mol. The molecule has 0 bridgehead atoms. The van der Waals surface area contributed by atoms with Crippen LogP contribution in [-0.2, 0) is 11.3 Å². The maximum absolute atomic E-state index is 13.1. The van der Waals surface area contributed by atoms with Gasteiger partial charge >= 0.3 is 0 Å². The zero-order chi connectivity index (χ0) is 19.9. The summed E-state index contributed by atoms with van der Waals surface area (Å²) in [6.45, 7) is 0.250. The fourth-order valence-electron chi connectivity index (χ4n) is 3.12. The standard InChI is InChI=1S/C22H19N3O3/c23-15-19-18(16-8-3-1-4-9-16)14-20(17-10-5-2-6-11-17)25(22(19)27)13-7-12-21(26)24-28/h1-6,8-11,14,28H,7,12-13H2,(H,24,26). The van der Waals surface area contributed by atoms with E-state index in [0.717, 1.165) is 11.1 Å². The maximum Gasteiger partial charge on any atom is 0.269 e. The van der Waals surface area contributed by atoms with Crippen LogP contribution in [0.5, 0.6) is 0 Å². The number of hydrogen-bond acceptors (Lipinski definition) is 4. The first-order valence-corrected chi connectivity index (χ1v) is 8.87. The molecule has 0 fully saturated rings. The van der Waals surface area contributed by atoms with E-state index in [0.29, 0.717) is 17.7 Å². The lowest BCUT2D eigenvalue weighted by atomic mass is 9.98. The fourth-order valence-corrected chi connectivity index (χ4v) is 3.12. The molecule has 0 saturated heterocycles. The van der Waals surface area contributed by atoms with Crippen molar-refractivity contribution >= 4 is 5.91 Å². The van der Waals surface area contributed by atoms with Gasteiger partial charge in [-0.15, -0.1) is 0 Å². The van der Waals surface area contributed by atoms with E-state index in [4.69, 9.17) is 5.21 Å². The molecule has 140 valence electrons. The molecule has 3 aromatic rings. The van der Waals surface area contributed by atoms with Crippen LogP contribution in [0.25, 0.3) is 22.4 Å². The molecule has 0 atom stereocenters. The molecule has 0 unspecified atom stereocenters. The Hall–Kier alpha value is -3.69. The van der Waals surface area contributed by atoms with Gasteiger partial charge in [-0.05, 0) is 23.6 Å². The minimum absolute atomic E-state index is 0.0671. The van der Waals surface area contributed by atoms with E-state index in [1.165, 1.54) is 4.57 Å². The summed E-state index contributed by atoms with van der Waals surface area (Å²) >= 11 is 0. The van der Waals surface area contributed by atoms with Gasteiger partial charge in [0.2, 0.25) is 5.91 Å². The number of pyridine rings is 1. The highest BCUT2D eigenvalue weighted by Crippen LogP contribution is 2.27. The van der Waals surface area contributed by atoms with E-state index in [1.54, 1.807) is 5.48 Å². The number of nitriles is 1. The summed E-state index contributed by atoms with van der Waals surface area (Å²) in [6, 6.07) is 22.6. The van der Waals surface area contributed by atoms with Crippen molar-refractivity contribution < 1.29 is 10.0 Å². The largest absolute Gasteiger partial charge is 0.307 e. The molecule has 1 heterocycles. The molecule has 0 saturated carbocycles. The van der Waals surface area contributed by atoms with Crippen LogP contribution in [0.4, 0.5) is 0 Å². The summed E-state index contributed by atoms with van der Waals surface area (Å²) in [5.74, 6) is -0.518. The third-order valence-electron chi connectivity index (χ3n) is 4.48. The minimum Gasteiger partial charge on any atom is -0.307 e. The Labute approximate surface area is 162 Å². The molecule has 0 aliphatic heterocycles. The molecule has 1 aromatic heterocycles. The van der Waals surface area contributed by atoms with E-state index in [2.05, 4.69) is 0 Å². The number of rotatable bonds is 6. The molecule has 0 radical (unpaired) electrons. The van der Waals surface area contributed by atoms with Gasteiger partial charge in [0, 0.05) is 18.5 Å². The van der Waals surface area contributed by atoms with E-state index >= 15 is 0 Å². The van der Waals surface area contributed by atoms with Crippen molar-refractivity contribution in [3.63, 3.8) is 0 Å². The predicted molar refractivity (Wildman–Crippen MR) is 105 cm³/mol. The van der Waals surface area contributed by atoms with E-state index in [-0.39, 0.29) is 18.5 Å². The van der Waals surface area contributed by atoms with Gasteiger partial charge < -0.3 is 4.57 Å². The number of amides is 1. The normalized spacial score (nSPS) is 10.3. The molecular formula is C22H19N3O3. The molecule has 2 aromatic carbocycles. The van der Waals surface area contributed by atoms with E-state index < -0.39 is 11.5 Å². The van der Waals surface area contributed by atoms with E-state index in [1.807, 2.05) is 72.8 Å². The number of nitrogens with one attached hydrogen (secondary N) is 1. The topological polar surface area (TPSA) is 95.1 Å². The van der Waals surface area contributed by atoms with Crippen LogP contribution in [0.3, 0.4) is 0 Å². The van der Waals surface area contributed by atoms with Crippen molar-refractivity contribution in [2.75, 3.05) is 0 Å². The van der Waals surface area contributed by atoms with Crippen LogP contribution in [0, 0.1) is 11.3 Å². The first-order chi connectivity index (χ1) is 13.7. The first kappa shape index (κ1) is 19.1. The number of carbonyl (C=O) groups is 1. The fraction of sp³-hybridized carbons (Fsp3) is 0.136. The van der Waals surface area contributed by atoms with Crippen molar-refractivity contribution in [1.29, 1.82) is 5.26 Å². The smallest absolute Gasteiger partial charge is 0.269 e. The van der Waals surface area contributed by atoms with Gasteiger partial charge in [-0.2, -0.15) is 5.26 Å². The Morgan fingerprint density at radius 1 is 1.04 bits per heavy atom. The summed E-state index contributed by atoms with van der Waals surface area (Å²) in [5, 5.41) is 18.3. The molecule has 0 aliphatic carbocycles. The average Bonchev–Trinajstić information content (AvgIpc) is 2.75. The first-order valence-electron chi connectivity index (χ1n) is 8.87. The number of hydroxylamine groups is 1. The SMILES string of the molecule is N#Cc1c(-c2ccccc2)cc(-c2ccccc2)n(CCCC(=O)NO)c1=O. The Bertz CT molecular complexity index is 1070. The van der Waals surface area contributed by atoms with Crippen molar-refractivity contribution in [2.24, 2.45) is 0 Å². The van der Waals surface area contributed by atoms with Gasteiger partial charge in [0.1, 0.15) is 11.6 Å². The zero-order valence-electron chi connectivity index (χ0n) is 15.1. The number of nitrogens with zero attached hydrogens (tertiary/aromatic N) is 2. The monoisotopic (exact) mass is 373 g/mol. The second-order valence-electron chi connectivity index (χ2n) is 6.26. The van der Waals surface area contributed by atoms with Gasteiger partial charge in [0.05, 0.1) is 5.69 Å². The number of benzene rings is 2. The summed E-state index contributed by atoms with van der Waals surface area (Å²) in [7, 11) is 0. The van der Waals surface area contributed by atoms with Gasteiger partial charge in [0.15, 0.2) is 0 Å². The lowest BCUT2D eigenvalue weighted by Crippen LogP contribution is -2.26. The third-order valence-corrected chi connectivity index (χ3v) is 4.48. The molecule has 6 nitrogen and oxygen atoms in total. The van der Waals surface area contributed by atoms with Crippen molar-refractivity contribution in [3.05, 3.63) is 82.6 Å². The minimum atomic E-state index is -0.518. The summed E-state index contributed by atoms with van der Waals surface area (Å²) < 4.78 is 1.52. The van der Waals surface area contributed by atoms with Crippen LogP contribution < -0.4 is 11.0 Å². The zero-order valence-corrected chi connectivity index (χ0v) is 15.1. The Morgan fingerprint density at radius 3 is 2.21 bits per heavy atom. The van der Waals surface area contributed by atoms with Crippen molar-refractivity contribution in [3.8, 4) is 28.5 Å². The Balaban J connectivity index is 2.16. The highest BCUT2D eigenvalue weighted by atomic mass is 16.5. The number of aromatic nitrogens is 1. The summed E-state index contributed by atoms with van der Waals surface area (Å²) in [4.78, 5) is 24.4. The highest BCUT2D eigenvalue weighted by molar-refractivity contribution is 5.76. The lowest BCUT2D eigenvalue weighted by Gasteiger charge is -2.16. The predicted octanol–water partition coefficient (Wildman–Crippen LogP) is 3.34. The molecule has 0 aliphatic rings. The van der Waals surface area contributed by atoms with Crippen LogP contribution in [0.2, 0.25) is 0 Å². The lowest BCUT2D eigenvalue weighted by molar-refractivity contribution is -0.129. The third kappa shape index (κ3) is 4.00. The van der Waals surface area contributed by atoms with Crippen LogP contribution in [0.1, 0.15) is 18.4 Å². The van der Waals surface area contributed by atoms with Crippen LogP contribution in [-0.4, -0.2) is 15.7 Å². The molecule has 1 amide bonds. The van der Waals surface area contributed by atoms with Gasteiger partial charge in [0.25, 0.3) is 5.56 Å². The van der Waals surface area contributed by atoms with Gasteiger partial charge in [-0.1, -0.05) is 60.7 Å². The van der Waals surface area contributed by atoms with Gasteiger partial charge in [-0.3, -0.25) is 14.8 Å². The quantitative estimate of drug-likeness (QED) is 0.512. The highest BCUT2D eigenvalue weighted by Gasteiger charge is 2.17. The molecule has 6 heteroatoms. The van der Waals surface area contributed by atoms with Crippen molar-refractivity contribution in [2.45, 2.75) is 19.4 Å². The number of carbonyl (C=O) groups excluding carboxylic acids is 1. The van der Waals surface area contributed by atoms with E-state index in [9.17, 15) is 14.9 Å². The molecule has 0 spiro atoms. The Kier molecular flexibility index (Phi) is 6.00. The number of hydrogen-bond donors (Lipinski definition) is 2. The molecule has 2 N–H and O–H groups in total. The molecule has 28 heavy (non-hydrogen) atoms. The molecule has 3 rings (SSSR count). The summed E-state index contributed by atoms with van der Waals surface area (Å²) in [6.07, 6.45) is 0.418. The van der Waals surface area contributed by atoms with Crippen molar-refractivity contribution in [1.82, 2.24) is 10.0 Å². The summed E-state index contributed by atoms with van der Waals surface area (Å²) in [5.41, 5.74) is 4.14. The maximum atomic E-state index is 13.1. The second kappa shape index (κ2) is 8.80. The average molecular weight is 373 g/mol. The second-order valence-corrected chi connectivity index (χ2v) is 6.26. The van der Waals surface area contributed by atoms with Gasteiger partial charge in [-0.25, -0.2) is 5.48 Å². The van der Waals surface area contributed by atoms with Crippen LogP contribution >= 0.6 is 0 Å². The Morgan fingerprint density at radius 2 is 1.64 bits per heavy atom.